The Bertz CT molecular complexity index is 407. The van der Waals surface area contributed by atoms with Crippen LogP contribution in [0.4, 0.5) is 11.4 Å². The molecular formula is C15H26ClN3. The normalized spacial score (nSPS) is 12.3. The number of nitrogen functional groups attached to an aromatic ring is 1. The van der Waals surface area contributed by atoms with Crippen molar-refractivity contribution in [3.63, 3.8) is 0 Å². The standard InChI is InChI=1S/C15H26ClN3/c1-5-11(3)7-8-19(6-2)15-10-13(16)9-14(18-17)12(15)4/h9-11,18H,5-8,17H2,1-4H3. The Morgan fingerprint density at radius 2 is 2.05 bits per heavy atom. The zero-order chi connectivity index (χ0) is 14.4. The SMILES string of the molecule is CCC(C)CCN(CC)c1cc(Cl)cc(NN)c1C. The zero-order valence-corrected chi connectivity index (χ0v) is 13.2. The minimum Gasteiger partial charge on any atom is -0.371 e. The van der Waals surface area contributed by atoms with Gasteiger partial charge in [0.1, 0.15) is 0 Å². The van der Waals surface area contributed by atoms with Crippen LogP contribution < -0.4 is 16.2 Å². The van der Waals surface area contributed by atoms with Crippen molar-refractivity contribution >= 4 is 23.0 Å². The number of nitrogens with zero attached hydrogens (tertiary/aromatic N) is 1. The molecule has 0 aliphatic heterocycles. The number of rotatable bonds is 7. The first-order valence-electron chi connectivity index (χ1n) is 7.05. The summed E-state index contributed by atoms with van der Waals surface area (Å²) in [7, 11) is 0. The lowest BCUT2D eigenvalue weighted by Gasteiger charge is -2.27. The Kier molecular flexibility index (Phi) is 6.46. The molecule has 0 fully saturated rings. The van der Waals surface area contributed by atoms with Crippen molar-refractivity contribution in [1.29, 1.82) is 0 Å². The van der Waals surface area contributed by atoms with E-state index >= 15 is 0 Å². The molecule has 0 saturated heterocycles. The number of halogens is 1. The fraction of sp³-hybridized carbons (Fsp3) is 0.600. The Morgan fingerprint density at radius 1 is 1.37 bits per heavy atom. The summed E-state index contributed by atoms with van der Waals surface area (Å²) in [6, 6.07) is 3.89. The quantitative estimate of drug-likeness (QED) is 0.582. The van der Waals surface area contributed by atoms with Gasteiger partial charge in [-0.1, -0.05) is 31.9 Å². The molecule has 1 aromatic carbocycles. The van der Waals surface area contributed by atoms with Crippen molar-refractivity contribution in [2.24, 2.45) is 11.8 Å². The molecule has 0 aliphatic rings. The second-order valence-corrected chi connectivity index (χ2v) is 5.56. The summed E-state index contributed by atoms with van der Waals surface area (Å²) in [5, 5.41) is 0.718. The third kappa shape index (κ3) is 4.29. The van der Waals surface area contributed by atoms with E-state index in [1.54, 1.807) is 0 Å². The van der Waals surface area contributed by atoms with Crippen LogP contribution in [-0.2, 0) is 0 Å². The van der Waals surface area contributed by atoms with E-state index in [0.29, 0.717) is 0 Å². The summed E-state index contributed by atoms with van der Waals surface area (Å²) in [6.07, 6.45) is 2.42. The van der Waals surface area contributed by atoms with Crippen LogP contribution in [0.5, 0.6) is 0 Å². The van der Waals surface area contributed by atoms with Gasteiger partial charge in [-0.05, 0) is 43.9 Å². The number of hydrogen-bond acceptors (Lipinski definition) is 3. The van der Waals surface area contributed by atoms with Crippen LogP contribution in [-0.4, -0.2) is 13.1 Å². The number of benzene rings is 1. The number of nitrogens with one attached hydrogen (secondary N) is 1. The average Bonchev–Trinajstić information content (AvgIpc) is 2.42. The Morgan fingerprint density at radius 3 is 2.58 bits per heavy atom. The van der Waals surface area contributed by atoms with Gasteiger partial charge in [0, 0.05) is 23.8 Å². The molecule has 0 radical (unpaired) electrons. The molecule has 0 aliphatic carbocycles. The highest BCUT2D eigenvalue weighted by Crippen LogP contribution is 2.31. The average molecular weight is 284 g/mol. The Balaban J connectivity index is 2.94. The van der Waals surface area contributed by atoms with E-state index < -0.39 is 0 Å². The van der Waals surface area contributed by atoms with Crippen molar-refractivity contribution in [1.82, 2.24) is 0 Å². The van der Waals surface area contributed by atoms with E-state index in [4.69, 9.17) is 17.4 Å². The van der Waals surface area contributed by atoms with E-state index in [1.165, 1.54) is 18.5 Å². The molecule has 3 nitrogen and oxygen atoms in total. The summed E-state index contributed by atoms with van der Waals surface area (Å²) in [5.74, 6) is 6.30. The van der Waals surface area contributed by atoms with Gasteiger partial charge in [-0.3, -0.25) is 5.84 Å². The molecule has 0 aromatic heterocycles. The van der Waals surface area contributed by atoms with Crippen LogP contribution >= 0.6 is 11.6 Å². The highest BCUT2D eigenvalue weighted by atomic mass is 35.5. The van der Waals surface area contributed by atoms with E-state index in [9.17, 15) is 0 Å². The van der Waals surface area contributed by atoms with Crippen molar-refractivity contribution in [2.75, 3.05) is 23.4 Å². The van der Waals surface area contributed by atoms with Crippen LogP contribution in [0.2, 0.25) is 5.02 Å². The van der Waals surface area contributed by atoms with Gasteiger partial charge in [0.25, 0.3) is 0 Å². The first kappa shape index (κ1) is 16.1. The number of nitrogens with two attached hydrogens (primary N) is 1. The zero-order valence-electron chi connectivity index (χ0n) is 12.5. The predicted molar refractivity (Wildman–Crippen MR) is 86.0 cm³/mol. The molecule has 108 valence electrons. The third-order valence-electron chi connectivity index (χ3n) is 3.81. The molecule has 19 heavy (non-hydrogen) atoms. The van der Waals surface area contributed by atoms with E-state index in [1.807, 2.05) is 12.1 Å². The van der Waals surface area contributed by atoms with E-state index in [2.05, 4.69) is 38.0 Å². The summed E-state index contributed by atoms with van der Waals surface area (Å²) >= 11 is 6.17. The lowest BCUT2D eigenvalue weighted by Crippen LogP contribution is -2.26. The molecule has 0 spiro atoms. The lowest BCUT2D eigenvalue weighted by atomic mass is 10.0. The van der Waals surface area contributed by atoms with Gasteiger partial charge in [-0.15, -0.1) is 0 Å². The van der Waals surface area contributed by atoms with Crippen molar-refractivity contribution in [3.05, 3.63) is 22.7 Å². The second-order valence-electron chi connectivity index (χ2n) is 5.12. The highest BCUT2D eigenvalue weighted by Gasteiger charge is 2.12. The Labute approximate surface area is 122 Å². The van der Waals surface area contributed by atoms with Gasteiger partial charge in [0.2, 0.25) is 0 Å². The Hall–Kier alpha value is -0.930. The molecule has 4 heteroatoms. The smallest absolute Gasteiger partial charge is 0.0549 e. The van der Waals surface area contributed by atoms with Gasteiger partial charge in [-0.25, -0.2) is 0 Å². The third-order valence-corrected chi connectivity index (χ3v) is 4.03. The molecular weight excluding hydrogens is 258 g/mol. The first-order valence-corrected chi connectivity index (χ1v) is 7.42. The van der Waals surface area contributed by atoms with Crippen LogP contribution in [0.1, 0.15) is 39.2 Å². The second kappa shape index (κ2) is 7.61. The summed E-state index contributed by atoms with van der Waals surface area (Å²) in [4.78, 5) is 2.37. The summed E-state index contributed by atoms with van der Waals surface area (Å²) < 4.78 is 0. The minimum absolute atomic E-state index is 0.718. The fourth-order valence-corrected chi connectivity index (χ4v) is 2.38. The largest absolute Gasteiger partial charge is 0.371 e. The van der Waals surface area contributed by atoms with Crippen molar-refractivity contribution < 1.29 is 0 Å². The topological polar surface area (TPSA) is 41.3 Å². The fourth-order valence-electron chi connectivity index (χ4n) is 2.17. The number of hydrazine groups is 1. The van der Waals surface area contributed by atoms with Crippen LogP contribution in [0.25, 0.3) is 0 Å². The molecule has 1 aromatic rings. The molecule has 1 atom stereocenters. The maximum Gasteiger partial charge on any atom is 0.0549 e. The molecule has 1 rings (SSSR count). The highest BCUT2D eigenvalue weighted by molar-refractivity contribution is 6.31. The maximum atomic E-state index is 6.17. The first-order chi connectivity index (χ1) is 9.03. The molecule has 0 amide bonds. The molecule has 1 unspecified atom stereocenters. The molecule has 3 N–H and O–H groups in total. The predicted octanol–water partition coefficient (Wildman–Crippen LogP) is 4.20. The summed E-state index contributed by atoms with van der Waals surface area (Å²) in [6.45, 7) is 10.8. The molecule has 0 heterocycles. The van der Waals surface area contributed by atoms with E-state index in [-0.39, 0.29) is 0 Å². The monoisotopic (exact) mass is 283 g/mol. The van der Waals surface area contributed by atoms with Crippen LogP contribution in [0.3, 0.4) is 0 Å². The van der Waals surface area contributed by atoms with Gasteiger partial charge >= 0.3 is 0 Å². The van der Waals surface area contributed by atoms with Crippen molar-refractivity contribution in [3.8, 4) is 0 Å². The van der Waals surface area contributed by atoms with Gasteiger partial charge in [0.15, 0.2) is 0 Å². The maximum absolute atomic E-state index is 6.17. The van der Waals surface area contributed by atoms with E-state index in [0.717, 1.165) is 35.3 Å². The lowest BCUT2D eigenvalue weighted by molar-refractivity contribution is 0.512. The molecule has 0 saturated carbocycles. The minimum atomic E-state index is 0.718. The van der Waals surface area contributed by atoms with Gasteiger partial charge in [-0.2, -0.15) is 0 Å². The van der Waals surface area contributed by atoms with Crippen molar-refractivity contribution in [2.45, 2.75) is 40.5 Å². The van der Waals surface area contributed by atoms with Gasteiger partial charge in [0.05, 0.1) is 5.69 Å². The number of anilines is 2. The van der Waals surface area contributed by atoms with Crippen LogP contribution in [0, 0.1) is 12.8 Å². The summed E-state index contributed by atoms with van der Waals surface area (Å²) in [5.41, 5.74) is 5.94. The van der Waals surface area contributed by atoms with Gasteiger partial charge < -0.3 is 10.3 Å². The molecule has 0 bridgehead atoms. The number of hydrogen-bond donors (Lipinski definition) is 2. The van der Waals surface area contributed by atoms with Crippen LogP contribution in [0.15, 0.2) is 12.1 Å².